The predicted molar refractivity (Wildman–Crippen MR) is 62.0 cm³/mol. The van der Waals surface area contributed by atoms with Gasteiger partial charge in [0.1, 0.15) is 0 Å². The molecule has 4 nitrogen and oxygen atoms in total. The van der Waals surface area contributed by atoms with Crippen molar-refractivity contribution in [2.45, 2.75) is 46.6 Å². The van der Waals surface area contributed by atoms with E-state index in [0.717, 1.165) is 31.9 Å². The molecule has 0 aromatic heterocycles. The average molecular weight is 200 g/mol. The molecule has 84 valence electrons. The summed E-state index contributed by atoms with van der Waals surface area (Å²) in [7, 11) is 0. The van der Waals surface area contributed by atoms with Gasteiger partial charge >= 0.3 is 0 Å². The van der Waals surface area contributed by atoms with Gasteiger partial charge in [-0.3, -0.25) is 10.4 Å². The number of nitrogens with one attached hydrogen (secondary N) is 1. The zero-order chi connectivity index (χ0) is 11.0. The van der Waals surface area contributed by atoms with Gasteiger partial charge in [-0.05, 0) is 27.2 Å². The van der Waals surface area contributed by atoms with Gasteiger partial charge in [-0.15, -0.1) is 0 Å². The van der Waals surface area contributed by atoms with Gasteiger partial charge in [0.15, 0.2) is 0 Å². The second-order valence-electron chi connectivity index (χ2n) is 3.58. The van der Waals surface area contributed by atoms with Crippen LogP contribution in [0.15, 0.2) is 4.99 Å². The van der Waals surface area contributed by atoms with E-state index in [0.29, 0.717) is 6.04 Å². The van der Waals surface area contributed by atoms with Gasteiger partial charge in [-0.1, -0.05) is 13.3 Å². The summed E-state index contributed by atoms with van der Waals surface area (Å²) in [4.78, 5) is 6.58. The largest absolute Gasteiger partial charge is 0.340 e. The maximum atomic E-state index is 5.45. The van der Waals surface area contributed by atoms with Crippen LogP contribution in [0, 0.1) is 0 Å². The van der Waals surface area contributed by atoms with E-state index in [9.17, 15) is 0 Å². The third-order valence-electron chi connectivity index (χ3n) is 2.14. The first-order chi connectivity index (χ1) is 6.67. The highest BCUT2D eigenvalue weighted by Gasteiger charge is 2.10. The van der Waals surface area contributed by atoms with Crippen molar-refractivity contribution in [2.24, 2.45) is 10.8 Å². The van der Waals surface area contributed by atoms with E-state index >= 15 is 0 Å². The molecule has 0 unspecified atom stereocenters. The molecule has 0 rings (SSSR count). The molecule has 0 aromatic carbocycles. The zero-order valence-corrected chi connectivity index (χ0v) is 9.88. The van der Waals surface area contributed by atoms with Crippen molar-refractivity contribution >= 4 is 5.96 Å². The van der Waals surface area contributed by atoms with Crippen molar-refractivity contribution in [3.63, 3.8) is 0 Å². The molecule has 0 aliphatic heterocycles. The fraction of sp³-hybridized carbons (Fsp3) is 0.900. The summed E-state index contributed by atoms with van der Waals surface area (Å²) in [6.07, 6.45) is 2.27. The highest BCUT2D eigenvalue weighted by Crippen LogP contribution is 1.98. The number of guanidine groups is 1. The molecule has 0 aromatic rings. The number of rotatable bonds is 5. The Morgan fingerprint density at radius 2 is 2.07 bits per heavy atom. The number of hydrazine groups is 1. The Morgan fingerprint density at radius 1 is 1.43 bits per heavy atom. The number of hydrogen-bond donors (Lipinski definition) is 2. The van der Waals surface area contributed by atoms with Crippen LogP contribution in [-0.2, 0) is 0 Å². The van der Waals surface area contributed by atoms with Crippen LogP contribution in [0.3, 0.4) is 0 Å². The van der Waals surface area contributed by atoms with E-state index in [2.05, 4.69) is 43.0 Å². The molecule has 0 amide bonds. The number of nitrogens with zero attached hydrogens (tertiary/aromatic N) is 2. The van der Waals surface area contributed by atoms with Crippen LogP contribution in [0.2, 0.25) is 0 Å². The first-order valence-corrected chi connectivity index (χ1v) is 5.45. The maximum Gasteiger partial charge on any atom is 0.208 e. The molecule has 0 saturated carbocycles. The number of nitrogens with two attached hydrogens (primary N) is 1. The van der Waals surface area contributed by atoms with Crippen LogP contribution in [0.5, 0.6) is 0 Å². The smallest absolute Gasteiger partial charge is 0.208 e. The van der Waals surface area contributed by atoms with Crippen LogP contribution in [0.1, 0.15) is 40.5 Å². The fourth-order valence-electron chi connectivity index (χ4n) is 1.32. The number of hydrogen-bond acceptors (Lipinski definition) is 2. The van der Waals surface area contributed by atoms with Gasteiger partial charge in [-0.2, -0.15) is 0 Å². The molecule has 4 heteroatoms. The number of unbranched alkanes of at least 4 members (excludes halogenated alkanes) is 1. The molecule has 0 heterocycles. The van der Waals surface area contributed by atoms with Crippen molar-refractivity contribution in [3.8, 4) is 0 Å². The molecule has 0 saturated heterocycles. The predicted octanol–water partition coefficient (Wildman–Crippen LogP) is 1.34. The lowest BCUT2D eigenvalue weighted by atomic mass is 10.3. The van der Waals surface area contributed by atoms with E-state index in [1.54, 1.807) is 0 Å². The van der Waals surface area contributed by atoms with Crippen molar-refractivity contribution in [1.29, 1.82) is 0 Å². The summed E-state index contributed by atoms with van der Waals surface area (Å²) in [6.45, 7) is 10.3. The van der Waals surface area contributed by atoms with Gasteiger partial charge in [0.05, 0.1) is 0 Å². The van der Waals surface area contributed by atoms with E-state index in [4.69, 9.17) is 5.84 Å². The first kappa shape index (κ1) is 13.2. The molecule has 3 N–H and O–H groups in total. The third-order valence-corrected chi connectivity index (χ3v) is 2.14. The molecule has 0 fully saturated rings. The minimum Gasteiger partial charge on any atom is -0.340 e. The monoisotopic (exact) mass is 200 g/mol. The Kier molecular flexibility index (Phi) is 7.20. The zero-order valence-electron chi connectivity index (χ0n) is 9.88. The molecular formula is C10H24N4. The van der Waals surface area contributed by atoms with E-state index in [1.807, 2.05) is 0 Å². The van der Waals surface area contributed by atoms with Crippen molar-refractivity contribution < 1.29 is 0 Å². The summed E-state index contributed by atoms with van der Waals surface area (Å²) >= 11 is 0. The van der Waals surface area contributed by atoms with Crippen molar-refractivity contribution in [1.82, 2.24) is 10.3 Å². The van der Waals surface area contributed by atoms with Crippen molar-refractivity contribution in [2.75, 3.05) is 13.1 Å². The lowest BCUT2D eigenvalue weighted by molar-refractivity contribution is 0.353. The standard InChI is InChI=1S/C10H24N4/c1-5-7-8-12-10(13-11)14(6-2)9(3)4/h9H,5-8,11H2,1-4H3,(H,12,13). The van der Waals surface area contributed by atoms with Crippen LogP contribution in [-0.4, -0.2) is 30.0 Å². The summed E-state index contributed by atoms with van der Waals surface area (Å²) in [5.74, 6) is 6.25. The first-order valence-electron chi connectivity index (χ1n) is 5.45. The SMILES string of the molecule is CCCCN=C(NN)N(CC)C(C)C. The molecule has 0 aliphatic rings. The normalized spacial score (nSPS) is 12.0. The minimum atomic E-state index is 0.427. The fourth-order valence-corrected chi connectivity index (χ4v) is 1.32. The van der Waals surface area contributed by atoms with Crippen LogP contribution >= 0.6 is 0 Å². The Labute approximate surface area is 87.5 Å². The van der Waals surface area contributed by atoms with Gasteiger partial charge in [0.2, 0.25) is 5.96 Å². The quantitative estimate of drug-likeness (QED) is 0.231. The molecule has 0 spiro atoms. The van der Waals surface area contributed by atoms with E-state index < -0.39 is 0 Å². The second kappa shape index (κ2) is 7.62. The highest BCUT2D eigenvalue weighted by molar-refractivity contribution is 5.79. The maximum absolute atomic E-state index is 5.45. The summed E-state index contributed by atoms with van der Waals surface area (Å²) in [5.41, 5.74) is 2.67. The Balaban J connectivity index is 4.27. The topological polar surface area (TPSA) is 53.6 Å². The van der Waals surface area contributed by atoms with Gasteiger partial charge < -0.3 is 4.90 Å². The average Bonchev–Trinajstić information content (AvgIpc) is 2.16. The van der Waals surface area contributed by atoms with Crippen molar-refractivity contribution in [3.05, 3.63) is 0 Å². The van der Waals surface area contributed by atoms with Gasteiger partial charge in [0, 0.05) is 19.1 Å². The Morgan fingerprint density at radius 3 is 2.43 bits per heavy atom. The minimum absolute atomic E-state index is 0.427. The van der Waals surface area contributed by atoms with Crippen LogP contribution < -0.4 is 11.3 Å². The lowest BCUT2D eigenvalue weighted by Gasteiger charge is -2.27. The number of aliphatic imine (C=N–C) groups is 1. The highest BCUT2D eigenvalue weighted by atomic mass is 15.4. The summed E-state index contributed by atoms with van der Waals surface area (Å²) < 4.78 is 0. The van der Waals surface area contributed by atoms with E-state index in [1.165, 1.54) is 0 Å². The van der Waals surface area contributed by atoms with Crippen LogP contribution in [0.25, 0.3) is 0 Å². The summed E-state index contributed by atoms with van der Waals surface area (Å²) in [6, 6.07) is 0.427. The third kappa shape index (κ3) is 4.46. The second-order valence-corrected chi connectivity index (χ2v) is 3.58. The van der Waals surface area contributed by atoms with Gasteiger partial charge in [0.25, 0.3) is 0 Å². The molecular weight excluding hydrogens is 176 g/mol. The van der Waals surface area contributed by atoms with Gasteiger partial charge in [-0.25, -0.2) is 5.84 Å². The molecule has 0 radical (unpaired) electrons. The van der Waals surface area contributed by atoms with Crippen LogP contribution in [0.4, 0.5) is 0 Å². The molecule has 0 bridgehead atoms. The molecule has 14 heavy (non-hydrogen) atoms. The molecule has 0 atom stereocenters. The lowest BCUT2D eigenvalue weighted by Crippen LogP contribution is -2.48. The van der Waals surface area contributed by atoms with E-state index in [-0.39, 0.29) is 0 Å². The Bertz CT molecular complexity index is 166. The molecule has 0 aliphatic carbocycles. The Hall–Kier alpha value is -0.770. The summed E-state index contributed by atoms with van der Waals surface area (Å²) in [5, 5.41) is 0.